The normalized spacial score (nSPS) is 9.93. The lowest BCUT2D eigenvalue weighted by Gasteiger charge is -2.08. The number of hydrogen-bond donors (Lipinski definition) is 3. The summed E-state index contributed by atoms with van der Waals surface area (Å²) < 4.78 is 0. The van der Waals surface area contributed by atoms with Crippen molar-refractivity contribution in [1.82, 2.24) is 5.32 Å². The third kappa shape index (κ3) is 5.18. The van der Waals surface area contributed by atoms with Gasteiger partial charge in [0.1, 0.15) is 0 Å². The van der Waals surface area contributed by atoms with E-state index in [0.29, 0.717) is 11.5 Å². The third-order valence-corrected chi connectivity index (χ3v) is 1.99. The first kappa shape index (κ1) is 14.5. The molecule has 0 bridgehead atoms. The summed E-state index contributed by atoms with van der Waals surface area (Å²) in [6, 6.07) is 7.69. The van der Waals surface area contributed by atoms with Crippen LogP contribution in [-0.4, -0.2) is 23.2 Å². The monoisotopic (exact) mass is 229 g/mol. The van der Waals surface area contributed by atoms with Gasteiger partial charge in [-0.05, 0) is 11.0 Å². The van der Waals surface area contributed by atoms with E-state index in [4.69, 9.17) is 10.0 Å². The highest BCUT2D eigenvalue weighted by Crippen LogP contribution is 1.97. The van der Waals surface area contributed by atoms with E-state index >= 15 is 0 Å². The lowest BCUT2D eigenvalue weighted by Crippen LogP contribution is -2.29. The van der Waals surface area contributed by atoms with Crippen LogP contribution in [0.3, 0.4) is 0 Å². The lowest BCUT2D eigenvalue weighted by atomic mass is 9.80. The Bertz CT molecular complexity index is 277. The van der Waals surface area contributed by atoms with Crippen molar-refractivity contribution in [3.8, 4) is 0 Å². The molecule has 3 N–H and O–H groups in total. The molecule has 0 aliphatic rings. The Balaban J connectivity index is 0.00000196. The maximum atomic E-state index is 8.87. The van der Waals surface area contributed by atoms with Gasteiger partial charge < -0.3 is 15.4 Å². The molecule has 1 rings (SSSR count). The van der Waals surface area contributed by atoms with Crippen molar-refractivity contribution in [2.24, 2.45) is 0 Å². The van der Waals surface area contributed by atoms with Crippen molar-refractivity contribution in [2.45, 2.75) is 26.4 Å². The van der Waals surface area contributed by atoms with Crippen LogP contribution in [0.4, 0.5) is 0 Å². The molecule has 0 saturated heterocycles. The Morgan fingerprint density at radius 2 is 1.73 bits per heavy atom. The molecular weight excluding hydrogens is 212 g/mol. The first-order chi connectivity index (χ1) is 6.59. The molecule has 0 aliphatic heterocycles. The third-order valence-electron chi connectivity index (χ3n) is 1.99. The van der Waals surface area contributed by atoms with Crippen molar-refractivity contribution < 1.29 is 10.0 Å². The fourth-order valence-electron chi connectivity index (χ4n) is 1.13. The molecule has 0 fully saturated rings. The molecule has 0 atom stereocenters. The average molecular weight is 230 g/mol. The average Bonchev–Trinajstić information content (AvgIpc) is 2.15. The van der Waals surface area contributed by atoms with Crippen LogP contribution >= 0.6 is 12.4 Å². The van der Waals surface area contributed by atoms with Crippen LogP contribution in [0.2, 0.25) is 0 Å². The van der Waals surface area contributed by atoms with Gasteiger partial charge in [-0.3, -0.25) is 0 Å². The molecule has 0 saturated carbocycles. The lowest BCUT2D eigenvalue weighted by molar-refractivity contribution is 0.426. The van der Waals surface area contributed by atoms with Gasteiger partial charge in [0.15, 0.2) is 0 Å². The van der Waals surface area contributed by atoms with Gasteiger partial charge in [0.05, 0.1) is 0 Å². The molecule has 0 heterocycles. The van der Waals surface area contributed by atoms with E-state index in [0.717, 1.165) is 12.1 Å². The predicted molar refractivity (Wildman–Crippen MR) is 65.5 cm³/mol. The maximum Gasteiger partial charge on any atom is 0.488 e. The maximum absolute atomic E-state index is 8.87. The number of benzene rings is 1. The van der Waals surface area contributed by atoms with Gasteiger partial charge in [-0.25, -0.2) is 0 Å². The van der Waals surface area contributed by atoms with Gasteiger partial charge in [-0.1, -0.05) is 38.1 Å². The summed E-state index contributed by atoms with van der Waals surface area (Å²) in [4.78, 5) is 0. The minimum atomic E-state index is -1.37. The van der Waals surface area contributed by atoms with E-state index in [1.807, 2.05) is 12.1 Å². The van der Waals surface area contributed by atoms with Crippen LogP contribution in [-0.2, 0) is 6.54 Å². The fraction of sp³-hybridized carbons (Fsp3) is 0.400. The number of halogens is 1. The van der Waals surface area contributed by atoms with Gasteiger partial charge in [0.2, 0.25) is 0 Å². The standard InChI is InChI=1S/C10H16BNO2.ClH/c1-8(2)12-7-9-3-5-10(6-4-9)11(13)14;/h3-6,8,12-14H,7H2,1-2H3;1H. The second kappa shape index (κ2) is 6.85. The minimum absolute atomic E-state index is 0. The van der Waals surface area contributed by atoms with Crippen molar-refractivity contribution in [3.63, 3.8) is 0 Å². The summed E-state index contributed by atoms with van der Waals surface area (Å²) in [5, 5.41) is 21.0. The molecular formula is C10H17BClNO2. The smallest absolute Gasteiger partial charge is 0.423 e. The Morgan fingerprint density at radius 3 is 2.13 bits per heavy atom. The first-order valence-electron chi connectivity index (χ1n) is 4.78. The Morgan fingerprint density at radius 1 is 1.20 bits per heavy atom. The molecule has 1 aromatic rings. The van der Waals surface area contributed by atoms with Crippen LogP contribution in [0.25, 0.3) is 0 Å². The largest absolute Gasteiger partial charge is 0.488 e. The molecule has 15 heavy (non-hydrogen) atoms. The quantitative estimate of drug-likeness (QED) is 0.651. The molecule has 1 aromatic carbocycles. The molecule has 0 unspecified atom stereocenters. The van der Waals surface area contributed by atoms with Crippen molar-refractivity contribution in [3.05, 3.63) is 29.8 Å². The highest BCUT2D eigenvalue weighted by molar-refractivity contribution is 6.58. The Kier molecular flexibility index (Phi) is 6.60. The summed E-state index contributed by atoms with van der Waals surface area (Å²) in [6.07, 6.45) is 0. The van der Waals surface area contributed by atoms with E-state index in [2.05, 4.69) is 19.2 Å². The molecule has 3 nitrogen and oxygen atoms in total. The van der Waals surface area contributed by atoms with Crippen molar-refractivity contribution in [2.75, 3.05) is 0 Å². The van der Waals surface area contributed by atoms with Crippen molar-refractivity contribution in [1.29, 1.82) is 0 Å². The van der Waals surface area contributed by atoms with Crippen LogP contribution < -0.4 is 10.8 Å². The summed E-state index contributed by atoms with van der Waals surface area (Å²) in [6.45, 7) is 4.98. The van der Waals surface area contributed by atoms with Gasteiger partial charge in [-0.2, -0.15) is 0 Å². The van der Waals surface area contributed by atoms with Crippen LogP contribution in [0.5, 0.6) is 0 Å². The molecule has 0 aromatic heterocycles. The van der Waals surface area contributed by atoms with Gasteiger partial charge in [0, 0.05) is 12.6 Å². The SMILES string of the molecule is CC(C)NCc1ccc(B(O)O)cc1.Cl. The van der Waals surface area contributed by atoms with E-state index in [1.54, 1.807) is 12.1 Å². The molecule has 84 valence electrons. The van der Waals surface area contributed by atoms with E-state index in [9.17, 15) is 0 Å². The molecule has 0 amide bonds. The summed E-state index contributed by atoms with van der Waals surface area (Å²) in [5.74, 6) is 0. The number of rotatable bonds is 4. The summed E-state index contributed by atoms with van der Waals surface area (Å²) >= 11 is 0. The van der Waals surface area contributed by atoms with Gasteiger partial charge in [-0.15, -0.1) is 12.4 Å². The van der Waals surface area contributed by atoms with Crippen molar-refractivity contribution >= 4 is 25.0 Å². The Hall–Kier alpha value is -0.545. The highest BCUT2D eigenvalue weighted by Gasteiger charge is 2.09. The summed E-state index contributed by atoms with van der Waals surface area (Å²) in [5.41, 5.74) is 1.67. The van der Waals surface area contributed by atoms with Gasteiger partial charge in [0.25, 0.3) is 0 Å². The zero-order valence-electron chi connectivity index (χ0n) is 8.97. The van der Waals surface area contributed by atoms with Crippen LogP contribution in [0, 0.1) is 0 Å². The minimum Gasteiger partial charge on any atom is -0.423 e. The zero-order chi connectivity index (χ0) is 10.6. The van der Waals surface area contributed by atoms with E-state index in [-0.39, 0.29) is 12.4 Å². The second-order valence-electron chi connectivity index (χ2n) is 3.65. The topological polar surface area (TPSA) is 52.5 Å². The highest BCUT2D eigenvalue weighted by atomic mass is 35.5. The summed E-state index contributed by atoms with van der Waals surface area (Å²) in [7, 11) is -1.37. The molecule has 5 heteroatoms. The predicted octanol–water partition coefficient (Wildman–Crippen LogP) is 0.286. The number of hydrogen-bond acceptors (Lipinski definition) is 3. The van der Waals surface area contributed by atoms with Crippen LogP contribution in [0.1, 0.15) is 19.4 Å². The van der Waals surface area contributed by atoms with E-state index in [1.165, 1.54) is 0 Å². The first-order valence-corrected chi connectivity index (χ1v) is 4.78. The zero-order valence-corrected chi connectivity index (χ0v) is 9.79. The second-order valence-corrected chi connectivity index (χ2v) is 3.65. The van der Waals surface area contributed by atoms with Crippen LogP contribution in [0.15, 0.2) is 24.3 Å². The fourth-order valence-corrected chi connectivity index (χ4v) is 1.13. The molecule has 0 radical (unpaired) electrons. The molecule has 0 spiro atoms. The number of nitrogens with one attached hydrogen (secondary N) is 1. The van der Waals surface area contributed by atoms with Gasteiger partial charge >= 0.3 is 7.12 Å². The van der Waals surface area contributed by atoms with E-state index < -0.39 is 7.12 Å². The Labute approximate surface area is 97.1 Å². The molecule has 0 aliphatic carbocycles.